The molecule has 0 unspecified atom stereocenters. The van der Waals surface area contributed by atoms with Crippen molar-refractivity contribution >= 4 is 24.4 Å². The van der Waals surface area contributed by atoms with Gasteiger partial charge in [-0.05, 0) is 43.9 Å². The van der Waals surface area contributed by atoms with E-state index in [2.05, 4.69) is 12.6 Å². The van der Waals surface area contributed by atoms with Crippen molar-refractivity contribution in [2.75, 3.05) is 14.1 Å². The number of benzene rings is 2. The predicted molar refractivity (Wildman–Crippen MR) is 86.7 cm³/mol. The van der Waals surface area contributed by atoms with Crippen LogP contribution in [0.2, 0.25) is 0 Å². The molecule has 0 N–H and O–H groups in total. The molecule has 0 aliphatic rings. The zero-order valence-corrected chi connectivity index (χ0v) is 13.9. The number of halogens is 3. The van der Waals surface area contributed by atoms with E-state index < -0.39 is 11.7 Å². The van der Waals surface area contributed by atoms with Crippen molar-refractivity contribution in [1.82, 2.24) is 4.90 Å². The molecule has 2 aromatic rings. The summed E-state index contributed by atoms with van der Waals surface area (Å²) in [5.41, 5.74) is 0.352. The monoisotopic (exact) mass is 343 g/mol. The lowest BCUT2D eigenvalue weighted by Gasteiger charge is -2.16. The quantitative estimate of drug-likeness (QED) is 0.760. The molecule has 0 aliphatic heterocycles. The van der Waals surface area contributed by atoms with Crippen LogP contribution in [0.3, 0.4) is 0 Å². The minimum absolute atomic E-state index is 0.191. The second-order valence-electron chi connectivity index (χ2n) is 5.13. The fourth-order valence-electron chi connectivity index (χ4n) is 2.02. The van der Waals surface area contributed by atoms with Gasteiger partial charge in [0, 0.05) is 21.2 Å². The topological polar surface area (TPSA) is 3.24 Å². The predicted octanol–water partition coefficient (Wildman–Crippen LogP) is 5.21. The third kappa shape index (κ3) is 4.44. The van der Waals surface area contributed by atoms with Gasteiger partial charge in [0.15, 0.2) is 0 Å². The summed E-state index contributed by atoms with van der Waals surface area (Å²) in [4.78, 5) is 3.31. The van der Waals surface area contributed by atoms with E-state index in [1.165, 1.54) is 6.07 Å². The van der Waals surface area contributed by atoms with Gasteiger partial charge >= 0.3 is 6.18 Å². The highest BCUT2D eigenvalue weighted by molar-refractivity contribution is 7.99. The molecule has 0 aromatic heterocycles. The van der Waals surface area contributed by atoms with Crippen molar-refractivity contribution in [3.63, 3.8) is 0 Å². The normalized spacial score (nSPS) is 12.0. The molecule has 6 heteroatoms. The molecule has 0 atom stereocenters. The fourth-order valence-corrected chi connectivity index (χ4v) is 3.29. The highest BCUT2D eigenvalue weighted by atomic mass is 32.2. The summed E-state index contributed by atoms with van der Waals surface area (Å²) in [7, 11) is 3.86. The zero-order chi connectivity index (χ0) is 16.3. The van der Waals surface area contributed by atoms with E-state index in [0.717, 1.165) is 28.3 Å². The van der Waals surface area contributed by atoms with Crippen LogP contribution in [0.1, 0.15) is 11.1 Å². The summed E-state index contributed by atoms with van der Waals surface area (Å²) in [6, 6.07) is 11.6. The summed E-state index contributed by atoms with van der Waals surface area (Å²) < 4.78 is 39.6. The van der Waals surface area contributed by atoms with Crippen molar-refractivity contribution in [3.8, 4) is 0 Å². The molecular weight excluding hydrogens is 327 g/mol. The van der Waals surface area contributed by atoms with Crippen molar-refractivity contribution in [3.05, 3.63) is 53.6 Å². The van der Waals surface area contributed by atoms with E-state index in [1.807, 2.05) is 43.3 Å². The molecule has 0 saturated carbocycles. The number of alkyl halides is 3. The third-order valence-corrected chi connectivity index (χ3v) is 4.42. The van der Waals surface area contributed by atoms with E-state index in [-0.39, 0.29) is 4.90 Å². The second-order valence-corrected chi connectivity index (χ2v) is 6.73. The van der Waals surface area contributed by atoms with Crippen molar-refractivity contribution in [2.45, 2.75) is 27.4 Å². The van der Waals surface area contributed by atoms with Gasteiger partial charge < -0.3 is 4.90 Å². The Balaban J connectivity index is 2.40. The zero-order valence-electron chi connectivity index (χ0n) is 12.2. The van der Waals surface area contributed by atoms with Crippen LogP contribution in [-0.2, 0) is 12.7 Å². The minimum Gasteiger partial charge on any atom is -0.305 e. The highest BCUT2D eigenvalue weighted by Gasteiger charge is 2.33. The maximum atomic E-state index is 13.2. The van der Waals surface area contributed by atoms with Gasteiger partial charge in [-0.15, -0.1) is 12.6 Å². The Bertz CT molecular complexity index is 654. The SMILES string of the molecule is CN(C)Cc1ccccc1Sc1ccc(S)cc1C(F)(F)F. The van der Waals surface area contributed by atoms with E-state index in [4.69, 9.17) is 0 Å². The Morgan fingerprint density at radius 3 is 2.36 bits per heavy atom. The van der Waals surface area contributed by atoms with Gasteiger partial charge in [0.05, 0.1) is 5.56 Å². The van der Waals surface area contributed by atoms with E-state index in [0.29, 0.717) is 11.4 Å². The molecule has 2 aromatic carbocycles. The molecular formula is C16H16F3NS2. The van der Waals surface area contributed by atoms with Crippen LogP contribution >= 0.6 is 24.4 Å². The minimum atomic E-state index is -4.39. The smallest absolute Gasteiger partial charge is 0.305 e. The standard InChI is InChI=1S/C16H16F3NS2/c1-20(2)10-11-5-3-4-6-14(11)22-15-8-7-12(21)9-13(15)16(17,18)19/h3-9,21H,10H2,1-2H3. The number of rotatable bonds is 4. The number of thiol groups is 1. The van der Waals surface area contributed by atoms with Gasteiger partial charge in [0.2, 0.25) is 0 Å². The molecule has 0 radical (unpaired) electrons. The molecule has 1 nitrogen and oxygen atoms in total. The maximum Gasteiger partial charge on any atom is 0.417 e. The van der Waals surface area contributed by atoms with Gasteiger partial charge in [0.1, 0.15) is 0 Å². The van der Waals surface area contributed by atoms with Crippen LogP contribution in [-0.4, -0.2) is 19.0 Å². The van der Waals surface area contributed by atoms with Gasteiger partial charge in [-0.3, -0.25) is 0 Å². The van der Waals surface area contributed by atoms with Crippen LogP contribution in [0.25, 0.3) is 0 Å². The molecule has 0 amide bonds. The summed E-state index contributed by atoms with van der Waals surface area (Å²) in [6.07, 6.45) is -4.39. The summed E-state index contributed by atoms with van der Waals surface area (Å²) in [5, 5.41) is 0. The molecule has 118 valence electrons. The van der Waals surface area contributed by atoms with Gasteiger partial charge in [-0.2, -0.15) is 13.2 Å². The van der Waals surface area contributed by atoms with Gasteiger partial charge in [0.25, 0.3) is 0 Å². The van der Waals surface area contributed by atoms with Crippen molar-refractivity contribution < 1.29 is 13.2 Å². The van der Waals surface area contributed by atoms with E-state index in [9.17, 15) is 13.2 Å². The first-order valence-corrected chi connectivity index (χ1v) is 7.84. The number of nitrogens with zero attached hydrogens (tertiary/aromatic N) is 1. The van der Waals surface area contributed by atoms with Crippen LogP contribution in [0.5, 0.6) is 0 Å². The van der Waals surface area contributed by atoms with Crippen LogP contribution in [0, 0.1) is 0 Å². The summed E-state index contributed by atoms with van der Waals surface area (Å²) >= 11 is 5.15. The first-order chi connectivity index (χ1) is 10.3. The first kappa shape index (κ1) is 17.2. The van der Waals surface area contributed by atoms with Crippen molar-refractivity contribution in [2.24, 2.45) is 0 Å². The lowest BCUT2D eigenvalue weighted by atomic mass is 10.2. The maximum absolute atomic E-state index is 13.2. The van der Waals surface area contributed by atoms with E-state index in [1.54, 1.807) is 6.07 Å². The van der Waals surface area contributed by atoms with Crippen LogP contribution in [0.4, 0.5) is 13.2 Å². The molecule has 22 heavy (non-hydrogen) atoms. The number of hydrogen-bond donors (Lipinski definition) is 1. The first-order valence-electron chi connectivity index (χ1n) is 6.58. The van der Waals surface area contributed by atoms with Gasteiger partial charge in [-0.25, -0.2) is 0 Å². The molecule has 0 saturated heterocycles. The highest BCUT2D eigenvalue weighted by Crippen LogP contribution is 2.41. The molecule has 2 rings (SSSR count). The Labute approximate surface area is 137 Å². The molecule has 0 aliphatic carbocycles. The van der Waals surface area contributed by atoms with E-state index >= 15 is 0 Å². The molecule has 0 fully saturated rings. The average molecular weight is 343 g/mol. The fraction of sp³-hybridized carbons (Fsp3) is 0.250. The Kier molecular flexibility index (Phi) is 5.47. The Hall–Kier alpha value is -1.11. The lowest BCUT2D eigenvalue weighted by molar-refractivity contribution is -0.139. The molecule has 0 heterocycles. The lowest BCUT2D eigenvalue weighted by Crippen LogP contribution is -2.11. The largest absolute Gasteiger partial charge is 0.417 e. The molecule has 0 spiro atoms. The summed E-state index contributed by atoms with van der Waals surface area (Å²) in [6.45, 7) is 0.676. The van der Waals surface area contributed by atoms with Crippen LogP contribution in [0.15, 0.2) is 57.2 Å². The summed E-state index contributed by atoms with van der Waals surface area (Å²) in [5.74, 6) is 0. The third-order valence-electron chi connectivity index (χ3n) is 2.95. The number of hydrogen-bond acceptors (Lipinski definition) is 3. The Morgan fingerprint density at radius 2 is 1.73 bits per heavy atom. The Morgan fingerprint density at radius 1 is 1.05 bits per heavy atom. The van der Waals surface area contributed by atoms with Crippen molar-refractivity contribution in [1.29, 1.82) is 0 Å². The van der Waals surface area contributed by atoms with Gasteiger partial charge in [-0.1, -0.05) is 30.0 Å². The molecule has 0 bridgehead atoms. The average Bonchev–Trinajstić information content (AvgIpc) is 2.41. The second kappa shape index (κ2) is 6.98. The van der Waals surface area contributed by atoms with Crippen LogP contribution < -0.4 is 0 Å².